The first-order valence-corrected chi connectivity index (χ1v) is 9.99. The van der Waals surface area contributed by atoms with Crippen LogP contribution in [0.25, 0.3) is 22.2 Å². The molecule has 138 valence electrons. The van der Waals surface area contributed by atoms with Gasteiger partial charge in [-0.15, -0.1) is 0 Å². The van der Waals surface area contributed by atoms with Crippen molar-refractivity contribution in [3.8, 4) is 23.1 Å². The highest BCUT2D eigenvalue weighted by Gasteiger charge is 2.45. The average molecular weight is 356 g/mol. The van der Waals surface area contributed by atoms with E-state index in [1.807, 2.05) is 0 Å². The molecule has 0 bridgehead atoms. The van der Waals surface area contributed by atoms with Crippen molar-refractivity contribution in [2.24, 2.45) is 18.4 Å². The quantitative estimate of drug-likeness (QED) is 0.469. The lowest BCUT2D eigenvalue weighted by Gasteiger charge is -2.27. The fraction of sp³-hybridized carbons (Fsp3) is 0.385. The maximum Gasteiger partial charge on any atom is 0.0590 e. The van der Waals surface area contributed by atoms with Crippen molar-refractivity contribution in [1.82, 2.24) is 4.57 Å². The van der Waals surface area contributed by atoms with E-state index in [0.29, 0.717) is 5.92 Å². The second-order valence-electron chi connectivity index (χ2n) is 9.14. The molecule has 0 aliphatic heterocycles. The van der Waals surface area contributed by atoms with Crippen LogP contribution in [0, 0.1) is 23.2 Å². The van der Waals surface area contributed by atoms with Gasteiger partial charge in [-0.3, -0.25) is 0 Å². The molecule has 1 heterocycles. The third-order valence-electron chi connectivity index (χ3n) is 5.76. The third kappa shape index (κ3) is 3.19. The maximum atomic E-state index is 3.77. The van der Waals surface area contributed by atoms with Crippen molar-refractivity contribution >= 4 is 10.9 Å². The molecule has 0 saturated heterocycles. The van der Waals surface area contributed by atoms with Gasteiger partial charge in [0.15, 0.2) is 0 Å². The van der Waals surface area contributed by atoms with Crippen LogP contribution in [-0.4, -0.2) is 4.57 Å². The van der Waals surface area contributed by atoms with E-state index < -0.39 is 0 Å². The van der Waals surface area contributed by atoms with Crippen LogP contribution in [0.1, 0.15) is 46.1 Å². The molecule has 1 aliphatic rings. The molecule has 1 unspecified atom stereocenters. The molecule has 27 heavy (non-hydrogen) atoms. The van der Waals surface area contributed by atoms with Crippen molar-refractivity contribution in [3.63, 3.8) is 0 Å². The van der Waals surface area contributed by atoms with Crippen molar-refractivity contribution < 1.29 is 0 Å². The molecule has 1 fully saturated rings. The van der Waals surface area contributed by atoms with Crippen LogP contribution in [0.15, 0.2) is 54.6 Å². The second-order valence-corrected chi connectivity index (χ2v) is 9.14. The largest absolute Gasteiger partial charge is 0.343 e. The molecule has 0 spiro atoms. The van der Waals surface area contributed by atoms with Gasteiger partial charge in [-0.05, 0) is 58.1 Å². The number of hydrogen-bond acceptors (Lipinski definition) is 0. The Morgan fingerprint density at radius 3 is 2.11 bits per heavy atom. The minimum Gasteiger partial charge on any atom is -0.343 e. The van der Waals surface area contributed by atoms with Crippen LogP contribution in [0.5, 0.6) is 0 Å². The molecule has 0 amide bonds. The molecular formula is C26H29N. The van der Waals surface area contributed by atoms with Crippen molar-refractivity contribution in [2.75, 3.05) is 0 Å². The summed E-state index contributed by atoms with van der Waals surface area (Å²) in [6.07, 6.45) is 2.54. The van der Waals surface area contributed by atoms with Gasteiger partial charge >= 0.3 is 0 Å². The Morgan fingerprint density at radius 1 is 0.852 bits per heavy atom. The van der Waals surface area contributed by atoms with E-state index in [-0.39, 0.29) is 10.8 Å². The van der Waals surface area contributed by atoms with Gasteiger partial charge < -0.3 is 4.57 Å². The molecular weight excluding hydrogens is 326 g/mol. The van der Waals surface area contributed by atoms with Crippen LogP contribution in [-0.2, 0) is 12.5 Å². The summed E-state index contributed by atoms with van der Waals surface area (Å²) in [7, 11) is 2.19. The normalized spacial score (nSPS) is 16.6. The monoisotopic (exact) mass is 355 g/mol. The number of fused-ring (bicyclic) bond motifs is 1. The lowest BCUT2D eigenvalue weighted by atomic mass is 9.75. The van der Waals surface area contributed by atoms with E-state index in [1.54, 1.807) is 0 Å². The first-order valence-electron chi connectivity index (χ1n) is 9.99. The Labute approximate surface area is 163 Å². The van der Waals surface area contributed by atoms with E-state index in [2.05, 4.69) is 106 Å². The standard InChI is InChI=1S/C26H29N/c1-25(2,3)17-18-26(4,20-15-16-20)23-21-13-9-10-14-22(21)27(5)24(23)19-11-7-6-8-12-19/h6-14,20H,15-16H2,1-5H3. The molecule has 1 aromatic heterocycles. The molecule has 1 nitrogen and oxygen atoms in total. The van der Waals surface area contributed by atoms with Crippen molar-refractivity contribution in [2.45, 2.75) is 46.0 Å². The summed E-state index contributed by atoms with van der Waals surface area (Å²) in [6, 6.07) is 19.6. The fourth-order valence-electron chi connectivity index (χ4n) is 4.20. The van der Waals surface area contributed by atoms with Crippen LogP contribution >= 0.6 is 0 Å². The molecule has 1 aliphatic carbocycles. The Bertz CT molecular complexity index is 1030. The van der Waals surface area contributed by atoms with Crippen LogP contribution in [0.2, 0.25) is 0 Å². The van der Waals surface area contributed by atoms with Gasteiger partial charge in [0.25, 0.3) is 0 Å². The molecule has 3 aromatic rings. The molecule has 2 aromatic carbocycles. The molecule has 0 radical (unpaired) electrons. The van der Waals surface area contributed by atoms with E-state index in [4.69, 9.17) is 0 Å². The Kier molecular flexibility index (Phi) is 4.19. The lowest BCUT2D eigenvalue weighted by Crippen LogP contribution is -2.24. The second kappa shape index (κ2) is 6.31. The molecule has 1 heteroatoms. The van der Waals surface area contributed by atoms with E-state index in [1.165, 1.54) is 40.6 Å². The number of hydrogen-bond donors (Lipinski definition) is 0. The Balaban J connectivity index is 2.06. The van der Waals surface area contributed by atoms with Gasteiger partial charge in [0.2, 0.25) is 0 Å². The minimum atomic E-state index is -0.126. The van der Waals surface area contributed by atoms with Crippen molar-refractivity contribution in [3.05, 3.63) is 60.2 Å². The van der Waals surface area contributed by atoms with Gasteiger partial charge in [0.1, 0.15) is 0 Å². The zero-order valence-electron chi connectivity index (χ0n) is 17.1. The van der Waals surface area contributed by atoms with Gasteiger partial charge in [-0.2, -0.15) is 0 Å². The first kappa shape index (κ1) is 17.9. The summed E-state index contributed by atoms with van der Waals surface area (Å²) < 4.78 is 2.36. The SMILES string of the molecule is Cn1c(-c2ccccc2)c(C(C)(C#CC(C)(C)C)C2CC2)c2ccccc21. The number of rotatable bonds is 3. The Morgan fingerprint density at radius 2 is 1.48 bits per heavy atom. The first-order chi connectivity index (χ1) is 12.8. The Hall–Kier alpha value is -2.46. The zero-order chi connectivity index (χ0) is 19.2. The smallest absolute Gasteiger partial charge is 0.0590 e. The number of para-hydroxylation sites is 1. The molecule has 1 atom stereocenters. The minimum absolute atomic E-state index is 0.00758. The third-order valence-corrected chi connectivity index (χ3v) is 5.76. The van der Waals surface area contributed by atoms with Gasteiger partial charge in [0.05, 0.1) is 11.1 Å². The topological polar surface area (TPSA) is 4.93 Å². The molecule has 0 N–H and O–H groups in total. The number of aromatic nitrogens is 1. The van der Waals surface area contributed by atoms with E-state index >= 15 is 0 Å². The number of nitrogens with zero attached hydrogens (tertiary/aromatic N) is 1. The summed E-state index contributed by atoms with van der Waals surface area (Å²) in [4.78, 5) is 0. The summed E-state index contributed by atoms with van der Waals surface area (Å²) in [5, 5.41) is 1.34. The summed E-state index contributed by atoms with van der Waals surface area (Å²) in [5.41, 5.74) is 5.17. The number of aryl methyl sites for hydroxylation is 1. The highest BCUT2D eigenvalue weighted by molar-refractivity contribution is 5.93. The highest BCUT2D eigenvalue weighted by atomic mass is 15.0. The molecule has 4 rings (SSSR count). The summed E-state index contributed by atoms with van der Waals surface area (Å²) in [5.74, 6) is 7.98. The van der Waals surface area contributed by atoms with Crippen molar-refractivity contribution in [1.29, 1.82) is 0 Å². The summed E-state index contributed by atoms with van der Waals surface area (Å²) >= 11 is 0. The van der Waals surface area contributed by atoms with Gasteiger partial charge in [0, 0.05) is 28.9 Å². The average Bonchev–Trinajstić information content (AvgIpc) is 3.46. The predicted molar refractivity (Wildman–Crippen MR) is 116 cm³/mol. The van der Waals surface area contributed by atoms with E-state index in [9.17, 15) is 0 Å². The molecule has 1 saturated carbocycles. The van der Waals surface area contributed by atoms with Gasteiger partial charge in [-0.1, -0.05) is 60.4 Å². The predicted octanol–water partition coefficient (Wildman–Crippen LogP) is 6.56. The highest BCUT2D eigenvalue weighted by Crippen LogP contribution is 2.52. The van der Waals surface area contributed by atoms with E-state index in [0.717, 1.165) is 0 Å². The lowest BCUT2D eigenvalue weighted by molar-refractivity contribution is 0.527. The van der Waals surface area contributed by atoms with Gasteiger partial charge in [-0.25, -0.2) is 0 Å². The fourth-order valence-corrected chi connectivity index (χ4v) is 4.20. The van der Waals surface area contributed by atoms with Crippen LogP contribution in [0.4, 0.5) is 0 Å². The summed E-state index contributed by atoms with van der Waals surface area (Å²) in [6.45, 7) is 8.98. The maximum absolute atomic E-state index is 3.77. The number of benzene rings is 2. The van der Waals surface area contributed by atoms with Crippen LogP contribution in [0.3, 0.4) is 0 Å². The zero-order valence-corrected chi connectivity index (χ0v) is 17.1. The van der Waals surface area contributed by atoms with Crippen LogP contribution < -0.4 is 0 Å².